The van der Waals surface area contributed by atoms with Crippen LogP contribution in [0.5, 0.6) is 0 Å². The van der Waals surface area contributed by atoms with Crippen molar-refractivity contribution in [3.63, 3.8) is 0 Å². The van der Waals surface area contributed by atoms with E-state index >= 15 is 0 Å². The third-order valence-electron chi connectivity index (χ3n) is 16.4. The Morgan fingerprint density at radius 1 is 0.520 bits per heavy atom. The molecule has 4 aromatic carbocycles. The van der Waals surface area contributed by atoms with Crippen LogP contribution in [0.4, 0.5) is 69.0 Å². The van der Waals surface area contributed by atoms with Gasteiger partial charge in [0.25, 0.3) is 11.8 Å². The van der Waals surface area contributed by atoms with E-state index in [1.54, 1.807) is 33.2 Å². The van der Waals surface area contributed by atoms with Crippen molar-refractivity contribution in [3.05, 3.63) is 225 Å². The maximum absolute atomic E-state index is 14.5. The summed E-state index contributed by atoms with van der Waals surface area (Å²) in [4.78, 5) is 32.5. The molecule has 0 aliphatic carbocycles. The van der Waals surface area contributed by atoms with Crippen molar-refractivity contribution < 1.29 is 263 Å². The van der Waals surface area contributed by atoms with Gasteiger partial charge in [-0.3, -0.25) is 4.18 Å². The van der Waals surface area contributed by atoms with Gasteiger partial charge in [0.05, 0.1) is 90.9 Å². The molecule has 0 bridgehead atoms. The summed E-state index contributed by atoms with van der Waals surface area (Å²) in [7, 11) is -19.5. The molecule has 56 heteroatoms. The van der Waals surface area contributed by atoms with Gasteiger partial charge in [-0.15, -0.1) is 15.3 Å². The molecule has 0 saturated heterocycles. The van der Waals surface area contributed by atoms with Gasteiger partial charge in [-0.2, -0.15) is 46.0 Å². The van der Waals surface area contributed by atoms with Crippen LogP contribution in [0.2, 0.25) is 0 Å². The molecule has 9 aromatic rings. The van der Waals surface area contributed by atoms with Gasteiger partial charge in [0.1, 0.15) is 76.9 Å². The standard InChI is InChI=1S/C19H19F4N5O3S.C18H20F2N6O2S.C16H17F2N5O2S.C14H13F2N5O2S.C3H5F3O3S.CH4.3K.H2P.H2S.H/c1-3-28(32(2,29)30)10-11(14-5-4-13(20)7-15(14)21)6-16-24-8-12(9-25-16)18-26-27-19(31-18)17(22)23;1-3-26(29(2,27)28)11-12(15-5-4-14(19)7-16(15)20)6-18-21-8-13(9-22-18)17-10-23-25-24-17;1-3-23(26(2,24)25)10-15(13-5-4-12(17)6-14(13)18)22-16-20-8-11(7-19)9-21-16;1-24(22,23)20-8-13(11-3-2-10(15)4-12(11)16)21-14-18-6-9(5-17)7-19-14;1-2-9-10(7,8)3(4,5)6;;;;;;;/h4-5,7-9,11,17H,3,6,10H2,1-2H3;4-5,7-9,12H,3,6,10-11H2,1-2H3;4-6,8-9,15H,3,10H2,1-2H3,(H,20,21,22);2-4,6-7,13,20H,8H2,1H3,(H,18,19,21);2H2,1H3;1H4;;;;2*1H2;/q;;;;;;3*+1;-1;;-1/p-1/i;;;;;;;;;;;1+2. The Hall–Kier alpha value is -5.48. The van der Waals surface area contributed by atoms with Crippen LogP contribution < -0.4 is 170 Å². The molecule has 5 aromatic heterocycles. The minimum Gasteiger partial charge on any atom is -1.00 e. The normalized spacial score (nSPS) is 12.7. The zero-order valence-electron chi connectivity index (χ0n) is 69.6. The number of benzene rings is 4. The molecule has 33 nitrogen and oxygen atoms in total. The number of alkyl halides is 5. The summed E-state index contributed by atoms with van der Waals surface area (Å²) in [5.41, 5.74) is -2.88. The molecule has 0 spiro atoms. The summed E-state index contributed by atoms with van der Waals surface area (Å²) in [5, 5.41) is 41.0. The summed E-state index contributed by atoms with van der Waals surface area (Å²) in [6.07, 6.45) is 12.2. The third-order valence-corrected chi connectivity index (χ3v) is 22.2. The van der Waals surface area contributed by atoms with E-state index in [-0.39, 0.29) is 308 Å². The monoisotopic (exact) mass is 2010 g/mol. The molecular weight excluding hydrogens is 1930 g/mol. The van der Waals surface area contributed by atoms with Crippen molar-refractivity contribution in [2.75, 3.05) is 94.6 Å². The molecule has 127 heavy (non-hydrogen) atoms. The summed E-state index contributed by atoms with van der Waals surface area (Å²) in [6.45, 7) is 6.17. The van der Waals surface area contributed by atoms with Crippen LogP contribution in [-0.2, 0) is 80.7 Å². The van der Waals surface area contributed by atoms with E-state index < -0.39 is 145 Å². The van der Waals surface area contributed by atoms with E-state index in [1.807, 2.05) is 12.1 Å². The van der Waals surface area contributed by atoms with Gasteiger partial charge < -0.3 is 39.9 Å². The molecule has 4 atom stereocenters. The van der Waals surface area contributed by atoms with Crippen molar-refractivity contribution in [3.8, 4) is 23.6 Å². The Labute approximate surface area is 864 Å². The predicted octanol–water partition coefficient (Wildman–Crippen LogP) is 1.96. The topological polar surface area (TPSA) is 452 Å². The molecule has 0 fully saturated rings. The van der Waals surface area contributed by atoms with Crippen molar-refractivity contribution in [1.82, 2.24) is 67.7 Å². The number of hydrogen-bond acceptors (Lipinski definition) is 30. The number of nitrogens with zero attached hydrogens (tertiary/aromatic N) is 18. The number of likely N-dealkylation sites (N-methyl/N-ethyl adjacent to an activating group) is 3. The SMILES string of the molecule is C.CCN(CC(Cc1ncc(-c2nnc(C(F)F)o2)cn1)c1ccc(F)cc1F)S(C)(=O)=O.CCN(CC(Cc1ncc(C2=NN=NC2)cn1)c1ccc(F)cc1F)S(C)(=O)=O.CCN(CC(Nc1ncc(C#N)cn1)c1ccc(F)cc1F)S(C)(=O)=O.CCOS(=O)(=O)C(F)(F)F.CS(=O)(=O)NCC(Nc1ncc(C#N)cn1)c1ccc(F)cc1F.[3H-].[K+].[K+].[K+].[PH2-].[SH-]. The van der Waals surface area contributed by atoms with E-state index in [1.165, 1.54) is 70.1 Å². The van der Waals surface area contributed by atoms with E-state index in [0.717, 1.165) is 78.7 Å². The van der Waals surface area contributed by atoms with E-state index in [4.69, 9.17) is 14.9 Å². The van der Waals surface area contributed by atoms with E-state index in [9.17, 15) is 99.2 Å². The zero-order valence-corrected chi connectivity index (χ0v) is 84.1. The Bertz CT molecular complexity index is 5780. The molecule has 0 saturated carbocycles. The van der Waals surface area contributed by atoms with Gasteiger partial charge in [-0.1, -0.05) is 52.5 Å². The van der Waals surface area contributed by atoms with Crippen LogP contribution in [0, 0.1) is 69.2 Å². The number of nitrogens with one attached hydrogen (secondary N) is 3. The molecule has 1 aliphatic heterocycles. The van der Waals surface area contributed by atoms with E-state index in [0.29, 0.717) is 29.7 Å². The number of nitriles is 2. The molecule has 6 heterocycles. The van der Waals surface area contributed by atoms with Gasteiger partial charge >= 0.3 is 176 Å². The number of sulfonamides is 4. The first kappa shape index (κ1) is 122. The van der Waals surface area contributed by atoms with Crippen molar-refractivity contribution in [2.24, 2.45) is 15.4 Å². The second kappa shape index (κ2) is 56.5. The molecule has 3 N–H and O–H groups in total. The first-order valence-corrected chi connectivity index (χ1v) is 43.7. The molecule has 1 aliphatic rings. The maximum atomic E-state index is 14.5. The van der Waals surface area contributed by atoms with Crippen LogP contribution in [0.15, 0.2) is 142 Å². The summed E-state index contributed by atoms with van der Waals surface area (Å²) in [5.74, 6) is -7.72. The largest absolute Gasteiger partial charge is 1.00 e. The van der Waals surface area contributed by atoms with Crippen LogP contribution >= 0.6 is 9.90 Å². The van der Waals surface area contributed by atoms with Crippen molar-refractivity contribution in [1.29, 1.82) is 10.5 Å². The Balaban J connectivity index is 0. The van der Waals surface area contributed by atoms with Crippen LogP contribution in [0.1, 0.15) is 123 Å². The fourth-order valence-electron chi connectivity index (χ4n) is 10.5. The zero-order chi connectivity index (χ0) is 90.0. The molecule has 678 valence electrons. The van der Waals surface area contributed by atoms with Gasteiger partial charge in [0.15, 0.2) is 0 Å². The predicted molar refractivity (Wildman–Crippen MR) is 435 cm³/mol. The first-order valence-electron chi connectivity index (χ1n) is 34.9. The number of anilines is 2. The van der Waals surface area contributed by atoms with Crippen LogP contribution in [-0.4, -0.2) is 200 Å². The quantitative estimate of drug-likeness (QED) is 0.0103. The Morgan fingerprint density at radius 3 is 1.17 bits per heavy atom. The first-order chi connectivity index (χ1) is 56.7. The minimum absolute atomic E-state index is 0. The second-order valence-electron chi connectivity index (χ2n) is 25.2. The Kier molecular flexibility index (Phi) is 54.1. The van der Waals surface area contributed by atoms with E-state index in [2.05, 4.69) is 85.0 Å². The van der Waals surface area contributed by atoms with Gasteiger partial charge in [0.2, 0.25) is 52.0 Å². The molecule has 4 unspecified atom stereocenters. The molecule has 0 amide bonds. The molecule has 10 rings (SSSR count). The number of aromatic nitrogens is 10. The molecule has 0 radical (unpaired) electrons. The summed E-state index contributed by atoms with van der Waals surface area (Å²) in [6, 6.07) is 14.3. The van der Waals surface area contributed by atoms with Crippen molar-refractivity contribution >= 4 is 91.2 Å². The maximum Gasteiger partial charge on any atom is 1.00 e. The van der Waals surface area contributed by atoms with Gasteiger partial charge in [-0.05, 0) is 47.5 Å². The number of thiol groups is 1. The fourth-order valence-corrected chi connectivity index (χ4v) is 14.2. The third kappa shape index (κ3) is 40.1. The summed E-state index contributed by atoms with van der Waals surface area (Å²) >= 11 is 0. The Morgan fingerprint density at radius 2 is 0.874 bits per heavy atom. The van der Waals surface area contributed by atoms with Crippen LogP contribution in [0.3, 0.4) is 0 Å². The minimum atomic E-state index is -5.35. The average Bonchev–Trinajstić information content (AvgIpc) is 1.00. The summed E-state index contributed by atoms with van der Waals surface area (Å²) < 4.78 is 298. The second-order valence-corrected chi connectivity index (χ2v) is 34.6. The van der Waals surface area contributed by atoms with Crippen molar-refractivity contribution in [2.45, 2.75) is 83.8 Å². The van der Waals surface area contributed by atoms with Crippen LogP contribution in [0.25, 0.3) is 11.5 Å². The molecular formula is C71H82F13K3N21O12PS6. The smallest absolute Gasteiger partial charge is 1.00 e. The van der Waals surface area contributed by atoms with Gasteiger partial charge in [0, 0.05) is 136 Å². The number of rotatable bonds is 32. The van der Waals surface area contributed by atoms with Gasteiger partial charge in [-0.25, -0.2) is 126 Å². The number of hydrogen-bond donors (Lipinski definition) is 3. The number of halogens is 13. The average molecular weight is 2010 g/mol. The fraction of sp³-hybridized carbons (Fsp3) is 0.366.